The van der Waals surface area contributed by atoms with Crippen molar-refractivity contribution in [3.8, 4) is 10.1 Å². The lowest BCUT2D eigenvalue weighted by Crippen LogP contribution is -1.99. The largest absolute Gasteiger partial charge is 0.416 e. The number of ether oxygens (including phenoxy) is 2. The molecule has 0 amide bonds. The van der Waals surface area contributed by atoms with Crippen molar-refractivity contribution >= 4 is 44.0 Å². The van der Waals surface area contributed by atoms with E-state index in [4.69, 9.17) is 9.47 Å². The molecule has 0 aromatic carbocycles. The molecule has 0 aliphatic rings. The zero-order valence-electron chi connectivity index (χ0n) is 8.60. The van der Waals surface area contributed by atoms with E-state index in [9.17, 15) is 9.59 Å². The highest BCUT2D eigenvalue weighted by Gasteiger charge is 2.10. The van der Waals surface area contributed by atoms with E-state index >= 15 is 0 Å². The summed E-state index contributed by atoms with van der Waals surface area (Å²) in [6.45, 7) is 2.72. The first-order chi connectivity index (χ1) is 7.54. The Morgan fingerprint density at radius 1 is 0.938 bits per heavy atom. The smallest absolute Gasteiger partial charge is 0.308 e. The van der Waals surface area contributed by atoms with Gasteiger partial charge in [0.05, 0.1) is 9.40 Å². The molecule has 0 unspecified atom stereocenters. The van der Waals surface area contributed by atoms with Gasteiger partial charge in [0.1, 0.15) is 0 Å². The summed E-state index contributed by atoms with van der Waals surface area (Å²) in [6, 6.07) is 3.53. The minimum atomic E-state index is -0.339. The van der Waals surface area contributed by atoms with Gasteiger partial charge in [-0.05, 0) is 0 Å². The number of fused-ring (bicyclic) bond motifs is 1. The average Bonchev–Trinajstić information content (AvgIpc) is 2.58. The van der Waals surface area contributed by atoms with Gasteiger partial charge in [-0.3, -0.25) is 9.59 Å². The van der Waals surface area contributed by atoms with Crippen LogP contribution < -0.4 is 9.47 Å². The zero-order valence-corrected chi connectivity index (χ0v) is 10.2. The van der Waals surface area contributed by atoms with Crippen molar-refractivity contribution in [1.29, 1.82) is 0 Å². The van der Waals surface area contributed by atoms with Crippen LogP contribution in [0.4, 0.5) is 0 Å². The van der Waals surface area contributed by atoms with Crippen molar-refractivity contribution in [3.63, 3.8) is 0 Å². The lowest BCUT2D eigenvalue weighted by molar-refractivity contribution is -0.132. The van der Waals surface area contributed by atoms with Crippen LogP contribution in [-0.4, -0.2) is 11.9 Å². The summed E-state index contributed by atoms with van der Waals surface area (Å²) in [6.07, 6.45) is 0. The van der Waals surface area contributed by atoms with E-state index < -0.39 is 0 Å². The second kappa shape index (κ2) is 4.23. The number of hydrogen-bond acceptors (Lipinski definition) is 6. The molecular formula is C10H8O4S2. The van der Waals surface area contributed by atoms with Crippen molar-refractivity contribution in [2.24, 2.45) is 0 Å². The third kappa shape index (κ3) is 2.40. The Bertz CT molecular complexity index is 475. The first-order valence-corrected chi connectivity index (χ1v) is 6.08. The molecule has 2 heterocycles. The van der Waals surface area contributed by atoms with Gasteiger partial charge in [0.2, 0.25) is 0 Å². The molecule has 0 radical (unpaired) electrons. The number of rotatable bonds is 2. The standard InChI is InChI=1S/C10H8O4S2/c1-5(11)13-9-3-7-8(15-9)4-10(16-7)14-6(2)12/h3-4H,1-2H3. The van der Waals surface area contributed by atoms with Crippen LogP contribution in [0.5, 0.6) is 10.1 Å². The maximum Gasteiger partial charge on any atom is 0.308 e. The fourth-order valence-corrected chi connectivity index (χ4v) is 3.33. The third-order valence-electron chi connectivity index (χ3n) is 1.65. The highest BCUT2D eigenvalue weighted by atomic mass is 32.1. The zero-order chi connectivity index (χ0) is 11.7. The Balaban J connectivity index is 2.25. The van der Waals surface area contributed by atoms with E-state index in [1.165, 1.54) is 36.5 Å². The molecule has 0 saturated heterocycles. The second-order valence-electron chi connectivity index (χ2n) is 3.05. The molecule has 6 heteroatoms. The number of carbonyl (C=O) groups is 2. The van der Waals surface area contributed by atoms with Gasteiger partial charge in [-0.1, -0.05) is 22.7 Å². The Hall–Kier alpha value is -1.40. The van der Waals surface area contributed by atoms with E-state index in [2.05, 4.69) is 0 Å². The van der Waals surface area contributed by atoms with Crippen LogP contribution in [-0.2, 0) is 9.59 Å². The quantitative estimate of drug-likeness (QED) is 0.775. The van der Waals surface area contributed by atoms with Gasteiger partial charge >= 0.3 is 11.9 Å². The van der Waals surface area contributed by atoms with Crippen LogP contribution in [0.25, 0.3) is 9.40 Å². The molecule has 84 valence electrons. The van der Waals surface area contributed by atoms with Gasteiger partial charge in [-0.15, -0.1) is 0 Å². The molecule has 0 saturated carbocycles. The van der Waals surface area contributed by atoms with Gasteiger partial charge < -0.3 is 9.47 Å². The Morgan fingerprint density at radius 2 is 1.31 bits per heavy atom. The van der Waals surface area contributed by atoms with E-state index in [0.717, 1.165) is 9.40 Å². The highest BCUT2D eigenvalue weighted by Crippen LogP contribution is 2.40. The molecule has 0 spiro atoms. The minimum Gasteiger partial charge on any atom is -0.416 e. The van der Waals surface area contributed by atoms with Gasteiger partial charge in [0.25, 0.3) is 0 Å². The van der Waals surface area contributed by atoms with Gasteiger partial charge in [0.15, 0.2) is 10.1 Å². The van der Waals surface area contributed by atoms with Crippen LogP contribution >= 0.6 is 22.7 Å². The van der Waals surface area contributed by atoms with E-state index in [1.54, 1.807) is 12.1 Å². The molecule has 2 aromatic rings. The van der Waals surface area contributed by atoms with E-state index in [1.807, 2.05) is 0 Å². The number of carbonyl (C=O) groups excluding carboxylic acids is 2. The first kappa shape index (κ1) is 11.1. The Kier molecular flexibility index (Phi) is 2.93. The van der Waals surface area contributed by atoms with Crippen LogP contribution in [0.15, 0.2) is 12.1 Å². The van der Waals surface area contributed by atoms with Crippen molar-refractivity contribution in [2.75, 3.05) is 0 Å². The summed E-state index contributed by atoms with van der Waals surface area (Å²) in [5, 5.41) is 1.12. The topological polar surface area (TPSA) is 52.6 Å². The molecule has 0 aliphatic carbocycles. The maximum atomic E-state index is 10.7. The van der Waals surface area contributed by atoms with Gasteiger partial charge in [0, 0.05) is 26.0 Å². The number of esters is 2. The maximum absolute atomic E-state index is 10.7. The Morgan fingerprint density at radius 3 is 1.62 bits per heavy atom. The summed E-state index contributed by atoms with van der Waals surface area (Å²) in [5.74, 6) is -0.678. The fourth-order valence-electron chi connectivity index (χ4n) is 1.18. The SMILES string of the molecule is CC(=O)Oc1cc2sc(OC(C)=O)cc2s1. The monoisotopic (exact) mass is 256 g/mol. The van der Waals surface area contributed by atoms with Crippen LogP contribution in [0.3, 0.4) is 0 Å². The number of hydrogen-bond donors (Lipinski definition) is 0. The third-order valence-corrected chi connectivity index (χ3v) is 3.70. The van der Waals surface area contributed by atoms with Crippen LogP contribution in [0, 0.1) is 0 Å². The molecule has 0 aliphatic heterocycles. The van der Waals surface area contributed by atoms with Crippen molar-refractivity contribution in [3.05, 3.63) is 12.1 Å². The molecule has 0 fully saturated rings. The molecule has 2 rings (SSSR count). The normalized spacial score (nSPS) is 10.4. The summed E-state index contributed by atoms with van der Waals surface area (Å²) in [7, 11) is 0. The van der Waals surface area contributed by atoms with Crippen molar-refractivity contribution in [1.82, 2.24) is 0 Å². The molecule has 16 heavy (non-hydrogen) atoms. The minimum absolute atomic E-state index is 0.339. The van der Waals surface area contributed by atoms with Gasteiger partial charge in [-0.2, -0.15) is 0 Å². The fraction of sp³-hybridized carbons (Fsp3) is 0.200. The predicted octanol–water partition coefficient (Wildman–Crippen LogP) is 2.81. The van der Waals surface area contributed by atoms with Crippen LogP contribution in [0.1, 0.15) is 13.8 Å². The molecule has 0 N–H and O–H groups in total. The molecule has 2 aromatic heterocycles. The van der Waals surface area contributed by atoms with E-state index in [0.29, 0.717) is 10.1 Å². The predicted molar refractivity (Wildman–Crippen MR) is 62.3 cm³/mol. The Labute approximate surface area is 99.4 Å². The summed E-state index contributed by atoms with van der Waals surface area (Å²) < 4.78 is 11.8. The van der Waals surface area contributed by atoms with E-state index in [-0.39, 0.29) is 11.9 Å². The molecular weight excluding hydrogens is 248 g/mol. The van der Waals surface area contributed by atoms with Crippen molar-refractivity contribution < 1.29 is 19.1 Å². The first-order valence-electron chi connectivity index (χ1n) is 4.45. The highest BCUT2D eigenvalue weighted by molar-refractivity contribution is 7.29. The summed E-state index contributed by atoms with van der Waals surface area (Å²) in [4.78, 5) is 21.5. The molecule has 4 nitrogen and oxygen atoms in total. The average molecular weight is 256 g/mol. The lowest BCUT2D eigenvalue weighted by atomic mass is 10.5. The van der Waals surface area contributed by atoms with Crippen LogP contribution in [0.2, 0.25) is 0 Å². The van der Waals surface area contributed by atoms with Crippen molar-refractivity contribution in [2.45, 2.75) is 13.8 Å². The summed E-state index contributed by atoms with van der Waals surface area (Å²) >= 11 is 2.70. The lowest BCUT2D eigenvalue weighted by Gasteiger charge is -1.94. The molecule has 0 atom stereocenters. The second-order valence-corrected chi connectivity index (χ2v) is 5.14. The summed E-state index contributed by atoms with van der Waals surface area (Å²) in [5.41, 5.74) is 0. The molecule has 0 bridgehead atoms. The van der Waals surface area contributed by atoms with Gasteiger partial charge in [-0.25, -0.2) is 0 Å². The number of thiophene rings is 2.